The Kier molecular flexibility index (Phi) is 9.14. The summed E-state index contributed by atoms with van der Waals surface area (Å²) in [5, 5.41) is 3.83. The van der Waals surface area contributed by atoms with Crippen molar-refractivity contribution < 1.29 is 13.2 Å². The zero-order valence-electron chi connectivity index (χ0n) is 16.3. The van der Waals surface area contributed by atoms with Crippen LogP contribution < -0.4 is 9.62 Å². The number of halogens is 2. The van der Waals surface area contributed by atoms with E-state index in [4.69, 9.17) is 23.2 Å². The number of nitrogens with zero attached hydrogens (tertiary/aromatic N) is 1. The highest BCUT2D eigenvalue weighted by molar-refractivity contribution is 7.98. The molecule has 5 nitrogen and oxygen atoms in total. The van der Waals surface area contributed by atoms with Crippen LogP contribution in [0.1, 0.15) is 18.1 Å². The fraction of sp³-hybridized carbons (Fsp3) is 0.350. The van der Waals surface area contributed by atoms with Gasteiger partial charge in [-0.1, -0.05) is 54.4 Å². The first kappa shape index (κ1) is 23.9. The van der Waals surface area contributed by atoms with Gasteiger partial charge < -0.3 is 5.32 Å². The second kappa shape index (κ2) is 11.1. The third-order valence-corrected chi connectivity index (χ3v) is 7.05. The molecule has 0 aliphatic heterocycles. The van der Waals surface area contributed by atoms with Crippen LogP contribution in [0.5, 0.6) is 0 Å². The minimum atomic E-state index is -3.58. The maximum atomic E-state index is 12.3. The van der Waals surface area contributed by atoms with E-state index in [0.29, 0.717) is 34.5 Å². The Morgan fingerprint density at radius 3 is 2.52 bits per heavy atom. The molecule has 1 amide bonds. The minimum absolute atomic E-state index is 0.243. The van der Waals surface area contributed by atoms with Gasteiger partial charge in [-0.05, 0) is 35.7 Å². The van der Waals surface area contributed by atoms with Crippen molar-refractivity contribution in [1.82, 2.24) is 5.32 Å². The van der Waals surface area contributed by atoms with Crippen LogP contribution in [-0.4, -0.2) is 39.4 Å². The number of amides is 1. The number of carbonyl (C=O) groups excluding carboxylic acids is 1. The molecule has 0 saturated carbocycles. The van der Waals surface area contributed by atoms with Crippen LogP contribution in [0.15, 0.2) is 42.5 Å². The molecule has 0 aliphatic carbocycles. The van der Waals surface area contributed by atoms with Gasteiger partial charge in [0.25, 0.3) is 0 Å². The Hall–Kier alpha value is -1.41. The van der Waals surface area contributed by atoms with E-state index in [-0.39, 0.29) is 12.5 Å². The van der Waals surface area contributed by atoms with Crippen LogP contribution in [0.2, 0.25) is 10.0 Å². The summed E-state index contributed by atoms with van der Waals surface area (Å²) in [5.41, 5.74) is 2.47. The summed E-state index contributed by atoms with van der Waals surface area (Å²) >= 11 is 13.5. The molecule has 9 heteroatoms. The van der Waals surface area contributed by atoms with Gasteiger partial charge in [0.05, 0.1) is 22.0 Å². The first-order valence-corrected chi connectivity index (χ1v) is 12.8. The van der Waals surface area contributed by atoms with Crippen molar-refractivity contribution in [2.45, 2.75) is 19.1 Å². The van der Waals surface area contributed by atoms with Crippen LogP contribution in [0, 0.1) is 0 Å². The molecule has 0 aliphatic rings. The standard InChI is InChI=1S/C20H24Cl2N2O3S2/c1-3-16-6-4-5-7-19(16)24(29(2,26)27)13-20(25)23-10-11-28-14-15-8-9-17(21)18(22)12-15/h4-9,12H,3,10-11,13-14H2,1-2H3,(H,23,25). The summed E-state index contributed by atoms with van der Waals surface area (Å²) in [4.78, 5) is 12.3. The Morgan fingerprint density at radius 1 is 1.14 bits per heavy atom. The van der Waals surface area contributed by atoms with E-state index in [1.165, 1.54) is 0 Å². The molecule has 0 bridgehead atoms. The second-order valence-electron chi connectivity index (χ2n) is 6.40. The molecule has 0 aromatic heterocycles. The van der Waals surface area contributed by atoms with Crippen LogP contribution in [0.3, 0.4) is 0 Å². The van der Waals surface area contributed by atoms with Crippen LogP contribution in [0.4, 0.5) is 5.69 Å². The number of hydrogen-bond donors (Lipinski definition) is 1. The smallest absolute Gasteiger partial charge is 0.240 e. The van der Waals surface area contributed by atoms with Crippen molar-refractivity contribution in [2.75, 3.05) is 29.4 Å². The maximum absolute atomic E-state index is 12.3. The summed E-state index contributed by atoms with van der Waals surface area (Å²) < 4.78 is 25.6. The molecule has 29 heavy (non-hydrogen) atoms. The molecule has 0 atom stereocenters. The van der Waals surface area contributed by atoms with Crippen molar-refractivity contribution in [2.24, 2.45) is 0 Å². The quantitative estimate of drug-likeness (QED) is 0.519. The van der Waals surface area contributed by atoms with Crippen molar-refractivity contribution in [3.63, 3.8) is 0 Å². The molecule has 0 fully saturated rings. The lowest BCUT2D eigenvalue weighted by Gasteiger charge is -2.24. The number of hydrogen-bond acceptors (Lipinski definition) is 4. The summed E-state index contributed by atoms with van der Waals surface area (Å²) in [6, 6.07) is 12.7. The molecular formula is C20H24Cl2N2O3S2. The highest BCUT2D eigenvalue weighted by Crippen LogP contribution is 2.25. The van der Waals surface area contributed by atoms with Gasteiger partial charge >= 0.3 is 0 Å². The van der Waals surface area contributed by atoms with E-state index < -0.39 is 10.0 Å². The van der Waals surface area contributed by atoms with E-state index in [0.717, 1.165) is 27.4 Å². The van der Waals surface area contributed by atoms with Gasteiger partial charge in [0.1, 0.15) is 6.54 Å². The lowest BCUT2D eigenvalue weighted by atomic mass is 10.1. The average molecular weight is 475 g/mol. The molecule has 0 radical (unpaired) electrons. The highest BCUT2D eigenvalue weighted by Gasteiger charge is 2.22. The zero-order chi connectivity index (χ0) is 21.4. The number of rotatable bonds is 10. The molecule has 0 heterocycles. The Bertz CT molecular complexity index is 952. The van der Waals surface area contributed by atoms with Crippen LogP contribution in [0.25, 0.3) is 0 Å². The molecule has 0 spiro atoms. The molecule has 1 N–H and O–H groups in total. The van der Waals surface area contributed by atoms with Gasteiger partial charge in [0.2, 0.25) is 15.9 Å². The van der Waals surface area contributed by atoms with Gasteiger partial charge in [0, 0.05) is 18.1 Å². The third kappa shape index (κ3) is 7.41. The number of nitrogens with one attached hydrogen (secondary N) is 1. The fourth-order valence-electron chi connectivity index (χ4n) is 2.70. The summed E-state index contributed by atoms with van der Waals surface area (Å²) in [6.45, 7) is 2.15. The van der Waals surface area contributed by atoms with E-state index in [9.17, 15) is 13.2 Å². The van der Waals surface area contributed by atoms with E-state index >= 15 is 0 Å². The zero-order valence-corrected chi connectivity index (χ0v) is 19.5. The Labute approximate surface area is 186 Å². The maximum Gasteiger partial charge on any atom is 0.240 e. The van der Waals surface area contributed by atoms with E-state index in [2.05, 4.69) is 5.32 Å². The van der Waals surface area contributed by atoms with Gasteiger partial charge in [-0.15, -0.1) is 0 Å². The van der Waals surface area contributed by atoms with E-state index in [1.54, 1.807) is 30.0 Å². The number of anilines is 1. The number of carbonyl (C=O) groups is 1. The van der Waals surface area contributed by atoms with Crippen molar-refractivity contribution >= 4 is 56.6 Å². The minimum Gasteiger partial charge on any atom is -0.354 e. The summed E-state index contributed by atoms with van der Waals surface area (Å²) in [7, 11) is -3.58. The number of aryl methyl sites for hydroxylation is 1. The third-order valence-electron chi connectivity index (χ3n) is 4.15. The largest absolute Gasteiger partial charge is 0.354 e. The Morgan fingerprint density at radius 2 is 1.86 bits per heavy atom. The molecule has 158 valence electrons. The van der Waals surface area contributed by atoms with Gasteiger partial charge in [0.15, 0.2) is 0 Å². The van der Waals surface area contributed by atoms with Gasteiger partial charge in [-0.25, -0.2) is 8.42 Å². The molecule has 2 aromatic carbocycles. The molecule has 2 rings (SSSR count). The predicted molar refractivity (Wildman–Crippen MR) is 124 cm³/mol. The van der Waals surface area contributed by atoms with Gasteiger partial charge in [-0.2, -0.15) is 11.8 Å². The molecular weight excluding hydrogens is 451 g/mol. The van der Waals surface area contributed by atoms with Crippen LogP contribution in [-0.2, 0) is 27.0 Å². The lowest BCUT2D eigenvalue weighted by molar-refractivity contribution is -0.119. The number of benzene rings is 2. The lowest BCUT2D eigenvalue weighted by Crippen LogP contribution is -2.41. The second-order valence-corrected chi connectivity index (χ2v) is 10.2. The SMILES string of the molecule is CCc1ccccc1N(CC(=O)NCCSCc1ccc(Cl)c(Cl)c1)S(C)(=O)=O. The highest BCUT2D eigenvalue weighted by atomic mass is 35.5. The number of thioether (sulfide) groups is 1. The van der Waals surface area contributed by atoms with Crippen molar-refractivity contribution in [3.05, 3.63) is 63.6 Å². The monoisotopic (exact) mass is 474 g/mol. The van der Waals surface area contributed by atoms with E-state index in [1.807, 2.05) is 31.2 Å². The fourth-order valence-corrected chi connectivity index (χ4v) is 4.72. The predicted octanol–water partition coefficient (Wildman–Crippen LogP) is 4.37. The number of sulfonamides is 1. The molecule has 0 saturated heterocycles. The average Bonchev–Trinajstić information content (AvgIpc) is 2.67. The van der Waals surface area contributed by atoms with Gasteiger partial charge in [-0.3, -0.25) is 9.10 Å². The molecule has 2 aromatic rings. The van der Waals surface area contributed by atoms with Crippen molar-refractivity contribution in [1.29, 1.82) is 0 Å². The first-order valence-electron chi connectivity index (χ1n) is 9.06. The summed E-state index contributed by atoms with van der Waals surface area (Å²) in [6.07, 6.45) is 1.79. The number of para-hydroxylation sites is 1. The van der Waals surface area contributed by atoms with Crippen LogP contribution >= 0.6 is 35.0 Å². The molecule has 0 unspecified atom stereocenters. The topological polar surface area (TPSA) is 66.5 Å². The van der Waals surface area contributed by atoms with Crippen molar-refractivity contribution in [3.8, 4) is 0 Å². The normalized spacial score (nSPS) is 11.3. The Balaban J connectivity index is 1.86. The summed E-state index contributed by atoms with van der Waals surface area (Å²) in [5.74, 6) is 1.10. The first-order chi connectivity index (χ1) is 13.7.